The molecule has 8 heteroatoms. The van der Waals surface area contributed by atoms with Crippen LogP contribution in [0.25, 0.3) is 16.7 Å². The molecule has 1 aromatic heterocycles. The third-order valence-electron chi connectivity index (χ3n) is 4.84. The molecule has 158 valence electrons. The minimum atomic E-state index is -4.77. The zero-order chi connectivity index (χ0) is 22.0. The van der Waals surface area contributed by atoms with Gasteiger partial charge in [0.1, 0.15) is 12.1 Å². The van der Waals surface area contributed by atoms with Gasteiger partial charge in [0.2, 0.25) is 0 Å². The lowest BCUT2D eigenvalue weighted by molar-refractivity contribution is -0.274. The summed E-state index contributed by atoms with van der Waals surface area (Å²) in [5.74, 6) is -0.556. The van der Waals surface area contributed by atoms with E-state index >= 15 is 0 Å². The molecule has 0 aliphatic carbocycles. The van der Waals surface area contributed by atoms with E-state index in [-0.39, 0.29) is 11.7 Å². The number of benzene rings is 3. The number of aryl methyl sites for hydroxylation is 1. The molecule has 31 heavy (non-hydrogen) atoms. The van der Waals surface area contributed by atoms with E-state index in [1.807, 2.05) is 31.2 Å². The van der Waals surface area contributed by atoms with Gasteiger partial charge >= 0.3 is 6.36 Å². The highest BCUT2D eigenvalue weighted by Crippen LogP contribution is 2.26. The van der Waals surface area contributed by atoms with Crippen molar-refractivity contribution in [2.24, 2.45) is 0 Å². The Morgan fingerprint density at radius 3 is 2.65 bits per heavy atom. The summed E-state index contributed by atoms with van der Waals surface area (Å²) in [5.41, 5.74) is 4.22. The normalized spacial score (nSPS) is 11.5. The largest absolute Gasteiger partial charge is 0.573 e. The van der Waals surface area contributed by atoms with Gasteiger partial charge in [-0.3, -0.25) is 9.36 Å². The quantitative estimate of drug-likeness (QED) is 0.480. The summed E-state index contributed by atoms with van der Waals surface area (Å²) in [4.78, 5) is 16.9. The minimum Gasteiger partial charge on any atom is -0.406 e. The summed E-state index contributed by atoms with van der Waals surface area (Å²) < 4.78 is 43.1. The first-order valence-electron chi connectivity index (χ1n) is 9.46. The van der Waals surface area contributed by atoms with Gasteiger partial charge in [-0.25, -0.2) is 4.98 Å². The highest BCUT2D eigenvalue weighted by atomic mass is 19.4. The second-order valence-electron chi connectivity index (χ2n) is 6.97. The number of carbonyl (C=O) groups excluding carboxylic acids is 1. The van der Waals surface area contributed by atoms with Crippen LogP contribution in [0.4, 0.5) is 13.2 Å². The fraction of sp³-hybridized carbons (Fsp3) is 0.130. The summed E-state index contributed by atoms with van der Waals surface area (Å²) >= 11 is 0. The standard InChI is InChI=1S/C23H18F3N3O2/c1-15-5-2-3-6-17(15)13-27-22(30)16-9-10-21-20(11-16)28-14-29(21)18-7-4-8-19(12-18)31-23(24,25)26/h2-12,14H,13H2,1H3,(H,27,30). The second kappa shape index (κ2) is 8.14. The molecule has 0 spiro atoms. The third-order valence-corrected chi connectivity index (χ3v) is 4.84. The van der Waals surface area contributed by atoms with Crippen molar-refractivity contribution in [2.45, 2.75) is 19.8 Å². The number of hydrogen-bond acceptors (Lipinski definition) is 3. The van der Waals surface area contributed by atoms with Crippen molar-refractivity contribution < 1.29 is 22.7 Å². The number of fused-ring (bicyclic) bond motifs is 1. The van der Waals surface area contributed by atoms with Crippen LogP contribution in [0.3, 0.4) is 0 Å². The molecule has 0 atom stereocenters. The zero-order valence-corrected chi connectivity index (χ0v) is 16.5. The molecule has 0 bridgehead atoms. The Morgan fingerprint density at radius 1 is 1.06 bits per heavy atom. The molecule has 1 amide bonds. The fourth-order valence-corrected chi connectivity index (χ4v) is 3.28. The number of imidazole rings is 1. The lowest BCUT2D eigenvalue weighted by Gasteiger charge is -2.11. The van der Waals surface area contributed by atoms with Crippen molar-refractivity contribution in [3.63, 3.8) is 0 Å². The third kappa shape index (κ3) is 4.69. The van der Waals surface area contributed by atoms with E-state index in [1.54, 1.807) is 28.8 Å². The minimum absolute atomic E-state index is 0.236. The van der Waals surface area contributed by atoms with E-state index in [4.69, 9.17) is 0 Å². The Kier molecular flexibility index (Phi) is 5.37. The van der Waals surface area contributed by atoms with Crippen LogP contribution in [0, 0.1) is 6.92 Å². The number of ether oxygens (including phenoxy) is 1. The highest BCUT2D eigenvalue weighted by Gasteiger charge is 2.31. The summed E-state index contributed by atoms with van der Waals surface area (Å²) in [5, 5.41) is 2.89. The Labute approximate surface area is 176 Å². The zero-order valence-electron chi connectivity index (χ0n) is 16.5. The Balaban J connectivity index is 1.55. The van der Waals surface area contributed by atoms with E-state index in [0.29, 0.717) is 28.8 Å². The topological polar surface area (TPSA) is 56.2 Å². The van der Waals surface area contributed by atoms with Crippen LogP contribution >= 0.6 is 0 Å². The molecular formula is C23H18F3N3O2. The molecule has 5 nitrogen and oxygen atoms in total. The molecule has 0 fully saturated rings. The van der Waals surface area contributed by atoms with E-state index in [2.05, 4.69) is 15.0 Å². The lowest BCUT2D eigenvalue weighted by atomic mass is 10.1. The van der Waals surface area contributed by atoms with E-state index in [0.717, 1.165) is 11.1 Å². The maximum atomic E-state index is 12.6. The van der Waals surface area contributed by atoms with Crippen LogP contribution in [0.2, 0.25) is 0 Å². The number of hydrogen-bond donors (Lipinski definition) is 1. The van der Waals surface area contributed by atoms with Gasteiger partial charge in [0, 0.05) is 18.2 Å². The monoisotopic (exact) mass is 425 g/mol. The van der Waals surface area contributed by atoms with Crippen molar-refractivity contribution in [3.8, 4) is 11.4 Å². The van der Waals surface area contributed by atoms with Crippen molar-refractivity contribution in [1.29, 1.82) is 0 Å². The molecule has 3 aromatic carbocycles. The van der Waals surface area contributed by atoms with Crippen LogP contribution in [0.1, 0.15) is 21.5 Å². The summed E-state index contributed by atoms with van der Waals surface area (Å²) in [7, 11) is 0. The predicted octanol–water partition coefficient (Wildman–Crippen LogP) is 5.16. The molecule has 1 heterocycles. The number of halogens is 3. The van der Waals surface area contributed by atoms with Crippen molar-refractivity contribution >= 4 is 16.9 Å². The van der Waals surface area contributed by atoms with E-state index in [1.165, 1.54) is 24.5 Å². The van der Waals surface area contributed by atoms with Gasteiger partial charge in [0.05, 0.1) is 16.7 Å². The number of alkyl halides is 3. The molecule has 0 aliphatic heterocycles. The molecule has 0 aliphatic rings. The van der Waals surface area contributed by atoms with Crippen LogP contribution in [-0.4, -0.2) is 21.8 Å². The maximum Gasteiger partial charge on any atom is 0.573 e. The molecule has 0 saturated heterocycles. The number of nitrogens with one attached hydrogen (secondary N) is 1. The lowest BCUT2D eigenvalue weighted by Crippen LogP contribution is -2.23. The van der Waals surface area contributed by atoms with Gasteiger partial charge in [0.25, 0.3) is 5.91 Å². The number of carbonyl (C=O) groups is 1. The first kappa shape index (κ1) is 20.5. The van der Waals surface area contributed by atoms with Gasteiger partial charge < -0.3 is 10.1 Å². The fourth-order valence-electron chi connectivity index (χ4n) is 3.28. The SMILES string of the molecule is Cc1ccccc1CNC(=O)c1ccc2c(c1)ncn2-c1cccc(OC(F)(F)F)c1. The Bertz CT molecular complexity index is 1250. The van der Waals surface area contributed by atoms with Gasteiger partial charge in [-0.15, -0.1) is 13.2 Å². The average Bonchev–Trinajstić information content (AvgIpc) is 3.15. The summed E-state index contributed by atoms with van der Waals surface area (Å²) in [6.07, 6.45) is -3.28. The van der Waals surface area contributed by atoms with Crippen LogP contribution < -0.4 is 10.1 Å². The van der Waals surface area contributed by atoms with E-state index < -0.39 is 6.36 Å². The molecule has 0 radical (unpaired) electrons. The molecule has 4 rings (SSSR count). The highest BCUT2D eigenvalue weighted by molar-refractivity contribution is 5.97. The van der Waals surface area contributed by atoms with Crippen molar-refractivity contribution in [1.82, 2.24) is 14.9 Å². The number of amides is 1. The van der Waals surface area contributed by atoms with Crippen LogP contribution in [-0.2, 0) is 6.54 Å². The van der Waals surface area contributed by atoms with Crippen molar-refractivity contribution in [2.75, 3.05) is 0 Å². The van der Waals surface area contributed by atoms with Gasteiger partial charge in [0.15, 0.2) is 0 Å². The van der Waals surface area contributed by atoms with Gasteiger partial charge in [-0.1, -0.05) is 30.3 Å². The van der Waals surface area contributed by atoms with Gasteiger partial charge in [-0.2, -0.15) is 0 Å². The number of aromatic nitrogens is 2. The Morgan fingerprint density at radius 2 is 1.87 bits per heavy atom. The molecule has 0 saturated carbocycles. The second-order valence-corrected chi connectivity index (χ2v) is 6.97. The summed E-state index contributed by atoms with van der Waals surface area (Å²) in [6.45, 7) is 2.39. The van der Waals surface area contributed by atoms with Gasteiger partial charge in [-0.05, 0) is 48.4 Å². The summed E-state index contributed by atoms with van der Waals surface area (Å²) in [6, 6.07) is 18.4. The smallest absolute Gasteiger partial charge is 0.406 e. The predicted molar refractivity (Wildman–Crippen MR) is 110 cm³/mol. The number of nitrogens with zero attached hydrogens (tertiary/aromatic N) is 2. The van der Waals surface area contributed by atoms with Crippen LogP contribution in [0.5, 0.6) is 5.75 Å². The van der Waals surface area contributed by atoms with E-state index in [9.17, 15) is 18.0 Å². The first-order valence-corrected chi connectivity index (χ1v) is 9.46. The van der Waals surface area contributed by atoms with Crippen LogP contribution in [0.15, 0.2) is 73.1 Å². The maximum absolute atomic E-state index is 12.6. The molecular weight excluding hydrogens is 407 g/mol. The molecule has 0 unspecified atom stereocenters. The first-order chi connectivity index (χ1) is 14.8. The Hall–Kier alpha value is -3.81. The number of rotatable bonds is 5. The molecule has 4 aromatic rings. The van der Waals surface area contributed by atoms with Crippen molar-refractivity contribution in [3.05, 3.63) is 89.7 Å². The molecule has 1 N–H and O–H groups in total. The average molecular weight is 425 g/mol.